The van der Waals surface area contributed by atoms with Crippen molar-refractivity contribution in [1.82, 2.24) is 14.4 Å². The van der Waals surface area contributed by atoms with E-state index in [1.807, 2.05) is 17.0 Å². The third-order valence-electron chi connectivity index (χ3n) is 25.5. The van der Waals surface area contributed by atoms with Crippen molar-refractivity contribution >= 4 is 41.0 Å². The lowest BCUT2D eigenvalue weighted by Crippen LogP contribution is -2.69. The molecule has 0 N–H and O–H groups in total. The van der Waals surface area contributed by atoms with Crippen LogP contribution in [0.3, 0.4) is 0 Å². The summed E-state index contributed by atoms with van der Waals surface area (Å²) in [5.41, 5.74) is 8.81. The molecule has 0 bridgehead atoms. The van der Waals surface area contributed by atoms with Crippen LogP contribution in [0.2, 0.25) is 0 Å². The summed E-state index contributed by atoms with van der Waals surface area (Å²) in [5, 5.41) is 1.10. The Labute approximate surface area is 569 Å². The minimum absolute atomic E-state index is 0.00505. The van der Waals surface area contributed by atoms with Gasteiger partial charge in [-0.15, -0.1) is 10.2 Å². The molecule has 12 atom stereocenters. The molecule has 17 nitrogen and oxygen atoms in total. The number of para-hydroxylation sites is 1. The van der Waals surface area contributed by atoms with Crippen LogP contribution in [0.25, 0.3) is 28.0 Å². The molecular weight excluding hydrogens is 1240 g/mol. The number of hydrogen-bond donors (Lipinski definition) is 0. The van der Waals surface area contributed by atoms with Gasteiger partial charge in [0.15, 0.2) is 0 Å². The average molecular weight is 1340 g/mol. The number of likely N-dealkylation sites (N-methyl/N-ethyl adjacent to an activating group) is 1. The molecule has 0 radical (unpaired) electrons. The molecule has 1 saturated heterocycles. The molecule has 96 heavy (non-hydrogen) atoms. The van der Waals surface area contributed by atoms with Crippen molar-refractivity contribution in [3.8, 4) is 22.5 Å². The van der Waals surface area contributed by atoms with E-state index in [1.165, 1.54) is 43.3 Å². The van der Waals surface area contributed by atoms with E-state index >= 15 is 9.59 Å². The molecule has 12 rings (SSSR count). The molecule has 18 heteroatoms. The first-order valence-corrected chi connectivity index (χ1v) is 36.4. The normalized spacial score (nSPS) is 32.2. The maximum atomic E-state index is 16.2. The molecule has 10 aliphatic rings. The first-order chi connectivity index (χ1) is 45.3. The molecule has 518 valence electrons. The highest BCUT2D eigenvalue weighted by Crippen LogP contribution is 2.76. The van der Waals surface area contributed by atoms with Crippen LogP contribution in [-0.2, 0) is 45.2 Å². The summed E-state index contributed by atoms with van der Waals surface area (Å²) in [6.07, 6.45) is 15.6. The molecule has 4 saturated carbocycles. The van der Waals surface area contributed by atoms with Gasteiger partial charge in [0.25, 0.3) is 5.91 Å². The Bertz CT molecular complexity index is 3830. The third-order valence-corrected chi connectivity index (χ3v) is 25.5. The van der Waals surface area contributed by atoms with Gasteiger partial charge in [0.2, 0.25) is 11.3 Å². The number of amides is 2. The summed E-state index contributed by atoms with van der Waals surface area (Å²) in [7, 11) is -2.78. The van der Waals surface area contributed by atoms with Crippen molar-refractivity contribution in [3.63, 3.8) is 0 Å². The second-order valence-corrected chi connectivity index (χ2v) is 31.5. The number of benzene rings is 3. The largest absolute Gasteiger partial charge is 0.465 e. The molecule has 2 aromatic carbocycles. The van der Waals surface area contributed by atoms with Gasteiger partial charge in [-0.2, -0.15) is 0 Å². The van der Waals surface area contributed by atoms with Crippen LogP contribution in [0.15, 0.2) is 101 Å². The van der Waals surface area contributed by atoms with E-state index in [0.29, 0.717) is 50.5 Å². The van der Waals surface area contributed by atoms with E-state index in [1.54, 1.807) is 0 Å². The van der Waals surface area contributed by atoms with Gasteiger partial charge in [-0.05, 0) is 178 Å². The van der Waals surface area contributed by atoms with Gasteiger partial charge in [-0.3, -0.25) is 24.0 Å². The number of nitrogens with zero attached hydrogens (tertiary/aromatic N) is 4. The Morgan fingerprint density at radius 3 is 2.10 bits per heavy atom. The number of halogens is 1. The van der Waals surface area contributed by atoms with Gasteiger partial charge < -0.3 is 33.3 Å². The fourth-order valence-corrected chi connectivity index (χ4v) is 20.6. The molecular formula is C78H101ClN4O13. The summed E-state index contributed by atoms with van der Waals surface area (Å²) in [6, 6.07) is 23.5. The number of fused-ring (bicyclic) bond motifs is 10. The van der Waals surface area contributed by atoms with Crippen molar-refractivity contribution in [3.05, 3.63) is 124 Å². The van der Waals surface area contributed by atoms with Gasteiger partial charge in [0, 0.05) is 105 Å². The quantitative estimate of drug-likeness (QED) is 0.0623. The van der Waals surface area contributed by atoms with E-state index in [9.17, 15) is 14.4 Å². The number of esters is 3. The van der Waals surface area contributed by atoms with E-state index in [4.69, 9.17) is 37.3 Å². The predicted octanol–water partition coefficient (Wildman–Crippen LogP) is 9.49. The summed E-state index contributed by atoms with van der Waals surface area (Å²) in [6.45, 7) is 31.3. The van der Waals surface area contributed by atoms with Crippen LogP contribution >= 0.6 is 0 Å². The first kappa shape index (κ1) is 70.7. The number of ether oxygens (including phenoxy) is 3. The number of anilines is 1. The van der Waals surface area contributed by atoms with E-state index in [-0.39, 0.29) is 63.8 Å². The molecule has 0 aromatic heterocycles. The van der Waals surface area contributed by atoms with E-state index in [0.717, 1.165) is 122 Å². The van der Waals surface area contributed by atoms with Crippen LogP contribution in [0, 0.1) is 66.9 Å². The number of hydrogen-bond acceptors (Lipinski definition) is 14. The van der Waals surface area contributed by atoms with Gasteiger partial charge in [-0.25, -0.2) is 23.2 Å². The monoisotopic (exact) mass is 1340 g/mol. The van der Waals surface area contributed by atoms with Gasteiger partial charge >= 0.3 is 17.9 Å². The summed E-state index contributed by atoms with van der Waals surface area (Å²) >= 11 is 0. The highest BCUT2D eigenvalue weighted by atomic mass is 35.7. The van der Waals surface area contributed by atoms with Crippen LogP contribution in [0.5, 0.6) is 0 Å². The highest BCUT2D eigenvalue weighted by molar-refractivity contribution is 6.04. The molecule has 3 aliphatic heterocycles. The zero-order valence-electron chi connectivity index (χ0n) is 59.0. The molecule has 2 aromatic rings. The molecule has 5 fully saturated rings. The average Bonchev–Trinajstić information content (AvgIpc) is 0.799. The lowest BCUT2D eigenvalue weighted by atomic mass is 9.33. The zero-order valence-corrected chi connectivity index (χ0v) is 59.8. The Balaban J connectivity index is 0.00000181. The maximum absolute atomic E-state index is 16.2. The van der Waals surface area contributed by atoms with E-state index < -0.39 is 51.2 Å². The number of carbonyl (C=O) groups excluding carboxylic acids is 5. The summed E-state index contributed by atoms with van der Waals surface area (Å²) < 4.78 is 61.7. The fourth-order valence-electron chi connectivity index (χ4n) is 20.6. The first-order valence-electron chi connectivity index (χ1n) is 35.2. The Morgan fingerprint density at radius 2 is 1.42 bits per heavy atom. The van der Waals surface area contributed by atoms with Gasteiger partial charge in [-0.1, -0.05) is 110 Å². The van der Waals surface area contributed by atoms with Crippen LogP contribution in [-0.4, -0.2) is 105 Å². The zero-order chi connectivity index (χ0) is 69.4. The Morgan fingerprint density at radius 1 is 0.740 bits per heavy atom. The Hall–Kier alpha value is -6.63. The second-order valence-electron chi connectivity index (χ2n) is 30.8. The lowest BCUT2D eigenvalue weighted by Gasteiger charge is -2.72. The van der Waals surface area contributed by atoms with Gasteiger partial charge in [0.05, 0.1) is 11.5 Å². The summed E-state index contributed by atoms with van der Waals surface area (Å²) in [4.78, 5) is 76.6. The topological polar surface area (TPSA) is 231 Å². The lowest BCUT2D eigenvalue weighted by molar-refractivity contribution is -2.00. The number of allylic oxidation sites excluding steroid dienone is 6. The van der Waals surface area contributed by atoms with Crippen LogP contribution in [0.4, 0.5) is 5.69 Å². The van der Waals surface area contributed by atoms with Crippen molar-refractivity contribution in [2.75, 3.05) is 57.8 Å². The molecule has 7 aliphatic carbocycles. The standard InChI is InChI=1S/C78H101N4O9.ClHO4/c1-15-80(16-2)54-30-31-57-62(45-54)91-69-53(29-34-66-73(8,9)59-27-19-20-28-61(59)79(66)14)23-21-26-58(69)67(57)55-24-17-18-25-56(55)71(86)81-41-22-42-82(44-43-81)72(87)78-38-35-48(3)49(4)68(78)60-32-33-65-74(10)46-63(89-51(6)84)70(90-52(7)85)75(11,47-88-50(5)83)64(74)36-37-77(65,13)76(60,12)39-40-78;2-1(3,4)5/h17-20,24-25,27-32,34,45,48-49,63-65,68,70H,15-16,21-23,26,33,35-44,46-47H2,1-14H3;(H,2,3,4,5)/q+1;/p-1/t48-,49+,63-,64-,65-,68+,70+,74+,75+,76-,77-,78+;/m1./s1. The van der Waals surface area contributed by atoms with Crippen molar-refractivity contribution < 1.29 is 71.5 Å². The van der Waals surface area contributed by atoms with Crippen molar-refractivity contribution in [2.45, 2.75) is 185 Å². The number of carbonyl (C=O) groups is 5. The van der Waals surface area contributed by atoms with Gasteiger partial charge in [0.1, 0.15) is 43.4 Å². The molecule has 0 unspecified atom stereocenters. The highest BCUT2D eigenvalue weighted by Gasteiger charge is 2.72. The summed E-state index contributed by atoms with van der Waals surface area (Å²) in [5.74, 6) is 1.57. The van der Waals surface area contributed by atoms with Crippen LogP contribution < -0.4 is 33.5 Å². The molecule has 0 spiro atoms. The van der Waals surface area contributed by atoms with E-state index in [2.05, 4.69) is 163 Å². The predicted molar refractivity (Wildman–Crippen MR) is 358 cm³/mol. The molecule has 2 amide bonds. The smallest absolute Gasteiger partial charge is 0.303 e. The third kappa shape index (κ3) is 12.3. The fraction of sp³-hybridized carbons (Fsp3) is 0.590. The SMILES string of the molecule is CC[N+](CC)=c1ccc2c(-c3ccccc3C(=O)N3CCCN(C(=O)[C@]45CC[C@@H](C)[C@H](C)[C@H]4C4=CC[C@@H]6[C@@]7(C)C[C@@H](OC(C)=O)[C@H](OC(C)=O)[C@@](C)(COC(C)=O)[C@@H]7CC[C@@]6(C)[C@]4(C)CC5)CC3)c3c(oc-2c1)/C(=C/C=C1/N(C)c2ccccc2C1(C)C)CCC3.[O-][Cl+3]([O-])([O-])[O-]. The van der Waals surface area contributed by atoms with Crippen molar-refractivity contribution in [1.29, 1.82) is 0 Å². The minimum atomic E-state index is -4.94. The molecule has 3 heterocycles. The Kier molecular flexibility index (Phi) is 19.6. The van der Waals surface area contributed by atoms with Crippen LogP contribution in [0.1, 0.15) is 188 Å². The minimum Gasteiger partial charge on any atom is -0.465 e. The maximum Gasteiger partial charge on any atom is 0.303 e. The second kappa shape index (κ2) is 26.6. The number of rotatable bonds is 10. The van der Waals surface area contributed by atoms with Crippen molar-refractivity contribution in [2.24, 2.45) is 56.7 Å².